The van der Waals surface area contributed by atoms with Crippen molar-refractivity contribution in [2.75, 3.05) is 4.90 Å². The van der Waals surface area contributed by atoms with E-state index in [2.05, 4.69) is 9.97 Å². The lowest BCUT2D eigenvalue weighted by Gasteiger charge is -2.24. The van der Waals surface area contributed by atoms with Gasteiger partial charge in [0.2, 0.25) is 5.78 Å². The van der Waals surface area contributed by atoms with Gasteiger partial charge in [-0.3, -0.25) is 14.5 Å². The highest BCUT2D eigenvalue weighted by atomic mass is 32.1. The fourth-order valence-electron chi connectivity index (χ4n) is 3.92. The maximum atomic E-state index is 14.3. The molecule has 0 spiro atoms. The fourth-order valence-corrected chi connectivity index (χ4v) is 5.82. The highest BCUT2D eigenvalue weighted by Crippen LogP contribution is 2.45. The molecule has 0 aliphatic carbocycles. The molecule has 1 aliphatic heterocycles. The number of thiazole rings is 2. The van der Waals surface area contributed by atoms with E-state index in [9.17, 15) is 28.6 Å². The van der Waals surface area contributed by atoms with Crippen molar-refractivity contribution in [3.63, 3.8) is 0 Å². The second kappa shape index (κ2) is 7.96. The Kier molecular flexibility index (Phi) is 5.18. The number of aliphatic hydroxyl groups is 1. The minimum absolute atomic E-state index is 0.0193. The number of aromatic nitrogens is 2. The van der Waals surface area contributed by atoms with Crippen LogP contribution < -0.4 is 4.90 Å². The molecule has 5 rings (SSSR count). The molecule has 11 heteroatoms. The van der Waals surface area contributed by atoms with Crippen molar-refractivity contribution < 1.29 is 28.6 Å². The summed E-state index contributed by atoms with van der Waals surface area (Å²) in [6.07, 6.45) is 0. The largest absolute Gasteiger partial charge is 0.508 e. The van der Waals surface area contributed by atoms with E-state index in [1.807, 2.05) is 0 Å². The van der Waals surface area contributed by atoms with E-state index in [1.54, 1.807) is 13.8 Å². The van der Waals surface area contributed by atoms with E-state index < -0.39 is 35.1 Å². The van der Waals surface area contributed by atoms with Gasteiger partial charge in [0.15, 0.2) is 16.7 Å². The Morgan fingerprint density at radius 3 is 2.41 bits per heavy atom. The summed E-state index contributed by atoms with van der Waals surface area (Å²) in [6, 6.07) is 6.44. The number of ketones is 1. The molecule has 1 atom stereocenters. The molecule has 0 bridgehead atoms. The van der Waals surface area contributed by atoms with Gasteiger partial charge in [-0.05, 0) is 37.6 Å². The summed E-state index contributed by atoms with van der Waals surface area (Å²) in [5.41, 5.74) is 0.546. The summed E-state index contributed by atoms with van der Waals surface area (Å²) in [5, 5.41) is 21.2. The number of amides is 1. The molecule has 1 unspecified atom stereocenters. The smallest absolute Gasteiger partial charge is 0.296 e. The zero-order valence-corrected chi connectivity index (χ0v) is 19.3. The number of hydrogen-bond acceptors (Lipinski definition) is 8. The van der Waals surface area contributed by atoms with Crippen LogP contribution in [-0.2, 0) is 4.79 Å². The molecular formula is C23H15F2N3O4S2. The Balaban J connectivity index is 1.70. The van der Waals surface area contributed by atoms with Gasteiger partial charge in [-0.2, -0.15) is 0 Å². The van der Waals surface area contributed by atoms with Gasteiger partial charge in [0, 0.05) is 6.07 Å². The van der Waals surface area contributed by atoms with E-state index in [0.717, 1.165) is 33.6 Å². The maximum absolute atomic E-state index is 14.3. The third kappa shape index (κ3) is 3.44. The maximum Gasteiger partial charge on any atom is 0.296 e. The molecule has 0 saturated heterocycles. The van der Waals surface area contributed by atoms with Gasteiger partial charge >= 0.3 is 0 Å². The van der Waals surface area contributed by atoms with Crippen LogP contribution in [0.5, 0.6) is 5.75 Å². The van der Waals surface area contributed by atoms with Crippen molar-refractivity contribution in [1.82, 2.24) is 9.97 Å². The number of anilines is 1. The number of nitrogens with zero attached hydrogens (tertiary/aromatic N) is 3. The molecule has 0 radical (unpaired) electrons. The molecule has 34 heavy (non-hydrogen) atoms. The van der Waals surface area contributed by atoms with Crippen molar-refractivity contribution in [3.05, 3.63) is 80.5 Å². The second-order valence-corrected chi connectivity index (χ2v) is 9.85. The number of rotatable bonds is 4. The average molecular weight is 500 g/mol. The van der Waals surface area contributed by atoms with E-state index in [1.165, 1.54) is 24.3 Å². The molecule has 2 aromatic heterocycles. The quantitative estimate of drug-likeness (QED) is 0.377. The number of fused-ring (bicyclic) bond motifs is 1. The highest BCUT2D eigenvalue weighted by molar-refractivity contribution is 7.22. The number of hydrogen-bond donors (Lipinski definition) is 2. The van der Waals surface area contributed by atoms with Gasteiger partial charge in [0.1, 0.15) is 17.1 Å². The van der Waals surface area contributed by atoms with E-state index in [0.29, 0.717) is 22.3 Å². The first-order chi connectivity index (χ1) is 16.2. The van der Waals surface area contributed by atoms with Crippen LogP contribution in [0.25, 0.3) is 10.2 Å². The molecular weight excluding hydrogens is 484 g/mol. The Hall–Kier alpha value is -3.70. The molecule has 2 N–H and O–H groups in total. The molecule has 4 aromatic rings. The van der Waals surface area contributed by atoms with Crippen LogP contribution in [0.2, 0.25) is 0 Å². The monoisotopic (exact) mass is 499 g/mol. The van der Waals surface area contributed by atoms with Crippen molar-refractivity contribution in [2.24, 2.45) is 0 Å². The summed E-state index contributed by atoms with van der Waals surface area (Å²) in [4.78, 5) is 36.5. The molecule has 7 nitrogen and oxygen atoms in total. The molecule has 1 aliphatic rings. The molecule has 3 heterocycles. The first-order valence-electron chi connectivity index (χ1n) is 9.95. The van der Waals surface area contributed by atoms with Gasteiger partial charge in [-0.25, -0.2) is 18.7 Å². The molecule has 2 aromatic carbocycles. The summed E-state index contributed by atoms with van der Waals surface area (Å²) in [7, 11) is 0. The number of Topliss-reactive ketones (excluding diaryl/α,β-unsaturated/α-hetero) is 1. The lowest BCUT2D eigenvalue weighted by atomic mass is 9.95. The van der Waals surface area contributed by atoms with Gasteiger partial charge in [-0.15, -0.1) is 11.3 Å². The number of aliphatic hydroxyl groups excluding tert-OH is 1. The van der Waals surface area contributed by atoms with Crippen LogP contribution in [0.1, 0.15) is 32.0 Å². The number of carbonyl (C=O) groups excluding carboxylic acids is 2. The van der Waals surface area contributed by atoms with Gasteiger partial charge in [0.05, 0.1) is 31.9 Å². The SMILES string of the molecule is Cc1nc(C)c(C(=O)C2=C(O)C(=O)N(c3nc4c(F)cc(F)cc4s3)C2c2ccc(O)cc2)s1. The minimum atomic E-state index is -1.11. The predicted octanol–water partition coefficient (Wildman–Crippen LogP) is 5.14. The zero-order chi connectivity index (χ0) is 24.3. The summed E-state index contributed by atoms with van der Waals surface area (Å²) in [6.45, 7) is 3.39. The van der Waals surface area contributed by atoms with E-state index in [4.69, 9.17) is 0 Å². The normalized spacial score (nSPS) is 16.2. The van der Waals surface area contributed by atoms with Crippen LogP contribution in [0, 0.1) is 25.5 Å². The summed E-state index contributed by atoms with van der Waals surface area (Å²) < 4.78 is 28.2. The van der Waals surface area contributed by atoms with Crippen molar-refractivity contribution >= 4 is 49.7 Å². The zero-order valence-electron chi connectivity index (χ0n) is 17.7. The molecule has 0 fully saturated rings. The number of phenols is 1. The second-order valence-electron chi connectivity index (χ2n) is 7.64. The van der Waals surface area contributed by atoms with Gasteiger partial charge in [-0.1, -0.05) is 23.5 Å². The number of aromatic hydroxyl groups is 1. The van der Waals surface area contributed by atoms with Crippen LogP contribution in [0.15, 0.2) is 47.7 Å². The first-order valence-corrected chi connectivity index (χ1v) is 11.6. The Morgan fingerprint density at radius 2 is 1.76 bits per heavy atom. The van der Waals surface area contributed by atoms with Crippen LogP contribution in [0.3, 0.4) is 0 Å². The number of aryl methyl sites for hydroxylation is 2. The fraction of sp³-hybridized carbons (Fsp3) is 0.130. The third-order valence-electron chi connectivity index (χ3n) is 5.38. The van der Waals surface area contributed by atoms with Gasteiger partial charge in [0.25, 0.3) is 5.91 Å². The van der Waals surface area contributed by atoms with Crippen LogP contribution >= 0.6 is 22.7 Å². The number of carbonyl (C=O) groups is 2. The van der Waals surface area contributed by atoms with Crippen molar-refractivity contribution in [3.8, 4) is 5.75 Å². The standard InChI is InChI=1S/C23H15F2N3O4S2/c1-9-21(33-10(2)26-9)19(30)16-18(11-3-5-13(29)6-4-11)28(22(32)20(16)31)23-27-17-14(25)7-12(24)8-15(17)34-23/h3-8,18,29,31H,1-2H3. The first kappa shape index (κ1) is 22.1. The minimum Gasteiger partial charge on any atom is -0.508 e. The predicted molar refractivity (Wildman–Crippen MR) is 123 cm³/mol. The lowest BCUT2D eigenvalue weighted by Crippen LogP contribution is -2.30. The Morgan fingerprint density at radius 1 is 1.06 bits per heavy atom. The Labute approximate surface area is 199 Å². The number of benzene rings is 2. The lowest BCUT2D eigenvalue weighted by molar-refractivity contribution is -0.117. The third-order valence-corrected chi connectivity index (χ3v) is 7.45. The highest BCUT2D eigenvalue weighted by Gasteiger charge is 2.46. The molecule has 172 valence electrons. The average Bonchev–Trinajstić information content (AvgIpc) is 3.42. The number of phenolic OH excluding ortho intramolecular Hbond substituents is 1. The van der Waals surface area contributed by atoms with Crippen molar-refractivity contribution in [1.29, 1.82) is 0 Å². The molecule has 0 saturated carbocycles. The van der Waals surface area contributed by atoms with E-state index in [-0.39, 0.29) is 31.5 Å². The van der Waals surface area contributed by atoms with E-state index >= 15 is 0 Å². The van der Waals surface area contributed by atoms with Crippen molar-refractivity contribution in [2.45, 2.75) is 19.9 Å². The van der Waals surface area contributed by atoms with Crippen LogP contribution in [-0.4, -0.2) is 31.9 Å². The summed E-state index contributed by atoms with van der Waals surface area (Å²) in [5.74, 6) is -3.97. The van der Waals surface area contributed by atoms with Crippen LogP contribution in [0.4, 0.5) is 13.9 Å². The number of halogens is 2. The molecule has 1 amide bonds. The van der Waals surface area contributed by atoms with Gasteiger partial charge < -0.3 is 10.2 Å². The topological polar surface area (TPSA) is 104 Å². The summed E-state index contributed by atoms with van der Waals surface area (Å²) >= 11 is 1.99. The Bertz CT molecular complexity index is 1530.